The van der Waals surface area contributed by atoms with Crippen LogP contribution < -0.4 is 5.32 Å². The number of hydrogen-bond acceptors (Lipinski definition) is 3. The smallest absolute Gasteiger partial charge is 0.337 e. The molecule has 5 heteroatoms. The Balaban J connectivity index is 2.17. The van der Waals surface area contributed by atoms with Gasteiger partial charge in [-0.3, -0.25) is 0 Å². The van der Waals surface area contributed by atoms with Crippen LogP contribution in [0.3, 0.4) is 0 Å². The molecule has 0 heterocycles. The molecule has 2 aromatic carbocycles. The van der Waals surface area contributed by atoms with Crippen LogP contribution in [0.4, 0.5) is 5.69 Å². The van der Waals surface area contributed by atoms with Crippen molar-refractivity contribution in [2.24, 2.45) is 0 Å². The van der Waals surface area contributed by atoms with E-state index in [4.69, 9.17) is 27.9 Å². The third-order valence-corrected chi connectivity index (χ3v) is 3.73. The van der Waals surface area contributed by atoms with Gasteiger partial charge in [-0.2, -0.15) is 0 Å². The molecule has 0 amide bonds. The molecule has 0 aliphatic carbocycles. The minimum Gasteiger partial charge on any atom is -0.465 e. The summed E-state index contributed by atoms with van der Waals surface area (Å²) in [5, 5.41) is 4.49. The number of carbonyl (C=O) groups excluding carboxylic acids is 1. The lowest BCUT2D eigenvalue weighted by atomic mass is 10.1. The van der Waals surface area contributed by atoms with Crippen molar-refractivity contribution in [2.45, 2.75) is 13.5 Å². The van der Waals surface area contributed by atoms with E-state index in [1.807, 2.05) is 25.1 Å². The fraction of sp³-hybridized carbons (Fsp3) is 0.188. The monoisotopic (exact) mass is 323 g/mol. The molecule has 0 aromatic heterocycles. The Morgan fingerprint density at radius 3 is 2.62 bits per heavy atom. The predicted octanol–water partition coefficient (Wildman–Crippen LogP) is 4.70. The number of hydrogen-bond donors (Lipinski definition) is 1. The molecule has 1 N–H and O–H groups in total. The average Bonchev–Trinajstić information content (AvgIpc) is 2.47. The van der Waals surface area contributed by atoms with E-state index in [1.54, 1.807) is 18.2 Å². The highest BCUT2D eigenvalue weighted by atomic mass is 35.5. The van der Waals surface area contributed by atoms with E-state index in [0.29, 0.717) is 27.8 Å². The molecule has 21 heavy (non-hydrogen) atoms. The van der Waals surface area contributed by atoms with Crippen LogP contribution in [-0.4, -0.2) is 13.1 Å². The highest BCUT2D eigenvalue weighted by molar-refractivity contribution is 6.33. The molecule has 0 atom stereocenters. The first-order valence-corrected chi connectivity index (χ1v) is 7.13. The van der Waals surface area contributed by atoms with Crippen LogP contribution in [0, 0.1) is 6.92 Å². The summed E-state index contributed by atoms with van der Waals surface area (Å²) in [5.74, 6) is -0.391. The van der Waals surface area contributed by atoms with Crippen molar-refractivity contribution >= 4 is 34.9 Å². The number of nitrogens with one attached hydrogen (secondary N) is 1. The first-order chi connectivity index (χ1) is 10.0. The van der Waals surface area contributed by atoms with Gasteiger partial charge in [0.1, 0.15) is 0 Å². The lowest BCUT2D eigenvalue weighted by molar-refractivity contribution is 0.0601. The number of methoxy groups -OCH3 is 1. The van der Waals surface area contributed by atoms with Gasteiger partial charge in [0, 0.05) is 11.6 Å². The zero-order chi connectivity index (χ0) is 15.4. The normalized spacial score (nSPS) is 10.3. The van der Waals surface area contributed by atoms with Crippen molar-refractivity contribution in [1.29, 1.82) is 0 Å². The Labute approximate surface area is 133 Å². The molecule has 0 radical (unpaired) electrons. The van der Waals surface area contributed by atoms with E-state index in [0.717, 1.165) is 11.1 Å². The van der Waals surface area contributed by atoms with Crippen LogP contribution in [0.25, 0.3) is 0 Å². The number of aryl methyl sites for hydroxylation is 1. The van der Waals surface area contributed by atoms with Gasteiger partial charge in [0.05, 0.1) is 23.4 Å². The van der Waals surface area contributed by atoms with E-state index in [1.165, 1.54) is 7.11 Å². The first-order valence-electron chi connectivity index (χ1n) is 6.38. The second kappa shape index (κ2) is 6.83. The van der Waals surface area contributed by atoms with Crippen LogP contribution in [0.15, 0.2) is 36.4 Å². The molecule has 3 nitrogen and oxygen atoms in total. The Morgan fingerprint density at radius 1 is 1.19 bits per heavy atom. The van der Waals surface area contributed by atoms with Crippen molar-refractivity contribution in [3.05, 3.63) is 63.1 Å². The second-order valence-corrected chi connectivity index (χ2v) is 5.45. The van der Waals surface area contributed by atoms with E-state index in [9.17, 15) is 4.79 Å². The summed E-state index contributed by atoms with van der Waals surface area (Å²) in [6.45, 7) is 2.59. The molecule has 0 saturated carbocycles. The highest BCUT2D eigenvalue weighted by Gasteiger charge is 2.09. The van der Waals surface area contributed by atoms with Gasteiger partial charge in [0.2, 0.25) is 0 Å². The third kappa shape index (κ3) is 3.90. The van der Waals surface area contributed by atoms with Crippen LogP contribution in [0.1, 0.15) is 21.5 Å². The minimum atomic E-state index is -0.391. The van der Waals surface area contributed by atoms with E-state index >= 15 is 0 Å². The van der Waals surface area contributed by atoms with Crippen molar-refractivity contribution in [3.8, 4) is 0 Å². The number of ether oxygens (including phenoxy) is 1. The molecular formula is C16H15Cl2NO2. The third-order valence-electron chi connectivity index (χ3n) is 3.16. The molecule has 0 aliphatic heterocycles. The minimum absolute atomic E-state index is 0.391. The number of rotatable bonds is 4. The highest BCUT2D eigenvalue weighted by Crippen LogP contribution is 2.25. The zero-order valence-corrected chi connectivity index (χ0v) is 13.3. The Morgan fingerprint density at radius 2 is 1.95 bits per heavy atom. The van der Waals surface area contributed by atoms with Gasteiger partial charge in [-0.05, 0) is 48.4 Å². The van der Waals surface area contributed by atoms with E-state index in [2.05, 4.69) is 5.32 Å². The molecule has 0 saturated heterocycles. The summed E-state index contributed by atoms with van der Waals surface area (Å²) in [6, 6.07) is 10.7. The lowest BCUT2D eigenvalue weighted by Crippen LogP contribution is -2.05. The van der Waals surface area contributed by atoms with Crippen molar-refractivity contribution < 1.29 is 9.53 Å². The van der Waals surface area contributed by atoms with Gasteiger partial charge in [-0.1, -0.05) is 29.3 Å². The van der Waals surface area contributed by atoms with E-state index < -0.39 is 5.97 Å². The molecule has 110 valence electrons. The number of esters is 1. The van der Waals surface area contributed by atoms with Crippen molar-refractivity contribution in [2.75, 3.05) is 12.4 Å². The fourth-order valence-corrected chi connectivity index (χ4v) is 2.36. The molecule has 0 bridgehead atoms. The number of carbonyl (C=O) groups is 1. The Hall–Kier alpha value is -1.71. The quantitative estimate of drug-likeness (QED) is 0.829. The Kier molecular flexibility index (Phi) is 5.10. The Bertz CT molecular complexity index is 671. The number of benzene rings is 2. The van der Waals surface area contributed by atoms with E-state index in [-0.39, 0.29) is 0 Å². The molecule has 2 aromatic rings. The summed E-state index contributed by atoms with van der Waals surface area (Å²) < 4.78 is 4.70. The first kappa shape index (κ1) is 15.7. The van der Waals surface area contributed by atoms with Gasteiger partial charge in [0.15, 0.2) is 0 Å². The summed E-state index contributed by atoms with van der Waals surface area (Å²) in [6.07, 6.45) is 0. The second-order valence-electron chi connectivity index (χ2n) is 4.61. The predicted molar refractivity (Wildman–Crippen MR) is 86.3 cm³/mol. The topological polar surface area (TPSA) is 38.3 Å². The van der Waals surface area contributed by atoms with Gasteiger partial charge in [-0.25, -0.2) is 4.79 Å². The summed E-state index contributed by atoms with van der Waals surface area (Å²) in [4.78, 5) is 11.5. The molecule has 2 rings (SSSR count). The maximum atomic E-state index is 11.5. The van der Waals surface area contributed by atoms with Crippen LogP contribution in [-0.2, 0) is 11.3 Å². The number of anilines is 1. The standard InChI is InChI=1S/C16H15Cl2NO2/c1-10-7-13(17)5-3-12(10)9-19-15-8-11(16(20)21-2)4-6-14(15)18/h3-8,19H,9H2,1-2H3. The molecular weight excluding hydrogens is 309 g/mol. The van der Waals surface area contributed by atoms with Crippen LogP contribution >= 0.6 is 23.2 Å². The molecule has 0 unspecified atom stereocenters. The summed E-state index contributed by atoms with van der Waals surface area (Å²) in [5.41, 5.74) is 3.35. The summed E-state index contributed by atoms with van der Waals surface area (Å²) in [7, 11) is 1.35. The van der Waals surface area contributed by atoms with Crippen LogP contribution in [0.2, 0.25) is 10.0 Å². The average molecular weight is 324 g/mol. The fourth-order valence-electron chi connectivity index (χ4n) is 1.95. The number of halogens is 2. The van der Waals surface area contributed by atoms with Gasteiger partial charge >= 0.3 is 5.97 Å². The molecule has 0 spiro atoms. The zero-order valence-electron chi connectivity index (χ0n) is 11.7. The maximum absolute atomic E-state index is 11.5. The summed E-state index contributed by atoms with van der Waals surface area (Å²) >= 11 is 12.1. The van der Waals surface area contributed by atoms with Crippen molar-refractivity contribution in [1.82, 2.24) is 0 Å². The molecule has 0 fully saturated rings. The largest absolute Gasteiger partial charge is 0.465 e. The van der Waals surface area contributed by atoms with Crippen LogP contribution in [0.5, 0.6) is 0 Å². The van der Waals surface area contributed by atoms with Gasteiger partial charge in [-0.15, -0.1) is 0 Å². The maximum Gasteiger partial charge on any atom is 0.337 e. The SMILES string of the molecule is COC(=O)c1ccc(Cl)c(NCc2ccc(Cl)cc2C)c1. The van der Waals surface area contributed by atoms with Crippen molar-refractivity contribution in [3.63, 3.8) is 0 Å². The lowest BCUT2D eigenvalue weighted by Gasteiger charge is -2.12. The van der Waals surface area contributed by atoms with Gasteiger partial charge in [0.25, 0.3) is 0 Å². The molecule has 0 aliphatic rings. The van der Waals surface area contributed by atoms with Gasteiger partial charge < -0.3 is 10.1 Å².